The Hall–Kier alpha value is -3.15. The number of halogens is 1. The van der Waals surface area contributed by atoms with Gasteiger partial charge in [-0.2, -0.15) is 0 Å². The minimum Gasteiger partial charge on any atom is -0.507 e. The monoisotopic (exact) mass is 314 g/mol. The summed E-state index contributed by atoms with van der Waals surface area (Å²) in [5.74, 6) is -1.38. The largest absolute Gasteiger partial charge is 0.513 e. The molecule has 23 heavy (non-hydrogen) atoms. The van der Waals surface area contributed by atoms with Crippen molar-refractivity contribution in [3.8, 4) is 5.75 Å². The summed E-state index contributed by atoms with van der Waals surface area (Å²) in [7, 11) is 1.18. The Morgan fingerprint density at radius 2 is 1.87 bits per heavy atom. The third-order valence-electron chi connectivity index (χ3n) is 3.44. The zero-order valence-corrected chi connectivity index (χ0v) is 12.0. The standard InChI is InChI=1S/C17H11FO5/c1-22-17(21)23-15-7-9-6-12(14(19)8-11(9)15)16(20)10-4-2-3-5-13(10)18/h2-8,19H,1H3. The first kappa shape index (κ1) is 14.8. The number of benzene rings is 2. The molecule has 0 atom stereocenters. The van der Waals surface area contributed by atoms with Gasteiger partial charge in [-0.25, -0.2) is 9.18 Å². The van der Waals surface area contributed by atoms with Crippen LogP contribution < -0.4 is 0 Å². The summed E-state index contributed by atoms with van der Waals surface area (Å²) in [6.07, 6.45) is 0.636. The third-order valence-corrected chi connectivity index (χ3v) is 3.44. The third kappa shape index (κ3) is 2.55. The van der Waals surface area contributed by atoms with E-state index >= 15 is 0 Å². The highest BCUT2D eigenvalue weighted by Crippen LogP contribution is 2.38. The van der Waals surface area contributed by atoms with Crippen molar-refractivity contribution >= 4 is 23.8 Å². The molecule has 0 fully saturated rings. The van der Waals surface area contributed by atoms with Crippen LogP contribution in [0.2, 0.25) is 0 Å². The second-order valence-electron chi connectivity index (χ2n) is 4.83. The summed E-state index contributed by atoms with van der Waals surface area (Å²) in [5, 5.41) is 10.0. The Morgan fingerprint density at radius 1 is 1.13 bits per heavy atom. The van der Waals surface area contributed by atoms with Crippen LogP contribution in [0.4, 0.5) is 9.18 Å². The van der Waals surface area contributed by atoms with Gasteiger partial charge in [-0.3, -0.25) is 4.79 Å². The average Bonchev–Trinajstić information content (AvgIpc) is 2.54. The lowest BCUT2D eigenvalue weighted by Crippen LogP contribution is -2.11. The molecule has 0 amide bonds. The van der Waals surface area contributed by atoms with Gasteiger partial charge in [-0.05, 0) is 35.9 Å². The Kier molecular flexibility index (Phi) is 3.57. The van der Waals surface area contributed by atoms with E-state index in [1.807, 2.05) is 0 Å². The molecule has 0 radical (unpaired) electrons. The van der Waals surface area contributed by atoms with E-state index < -0.39 is 17.8 Å². The lowest BCUT2D eigenvalue weighted by atomic mass is 9.90. The predicted octanol–water partition coefficient (Wildman–Crippen LogP) is 3.36. The molecule has 1 aliphatic carbocycles. The number of ketones is 1. The second-order valence-corrected chi connectivity index (χ2v) is 4.83. The fourth-order valence-electron chi connectivity index (χ4n) is 2.27. The number of hydrogen-bond acceptors (Lipinski definition) is 5. The maximum atomic E-state index is 13.7. The molecule has 116 valence electrons. The van der Waals surface area contributed by atoms with E-state index in [2.05, 4.69) is 4.74 Å². The molecule has 0 saturated heterocycles. The normalized spacial score (nSPS) is 11.8. The Bertz CT molecular complexity index is 854. The van der Waals surface area contributed by atoms with Crippen molar-refractivity contribution in [3.63, 3.8) is 0 Å². The van der Waals surface area contributed by atoms with Gasteiger partial charge in [0.05, 0.1) is 18.2 Å². The van der Waals surface area contributed by atoms with Crippen LogP contribution >= 0.6 is 0 Å². The molecular weight excluding hydrogens is 303 g/mol. The summed E-state index contributed by atoms with van der Waals surface area (Å²) in [4.78, 5) is 23.4. The molecule has 2 aromatic rings. The van der Waals surface area contributed by atoms with Gasteiger partial charge in [0.25, 0.3) is 0 Å². The fourth-order valence-corrected chi connectivity index (χ4v) is 2.27. The number of ether oxygens (including phenoxy) is 2. The lowest BCUT2D eigenvalue weighted by Gasteiger charge is -2.20. The minimum atomic E-state index is -0.882. The molecule has 1 aliphatic rings. The van der Waals surface area contributed by atoms with Crippen LogP contribution in [-0.4, -0.2) is 24.2 Å². The van der Waals surface area contributed by atoms with Gasteiger partial charge < -0.3 is 14.6 Å². The van der Waals surface area contributed by atoms with E-state index in [1.54, 1.807) is 0 Å². The maximum Gasteiger partial charge on any atom is 0.513 e. The van der Waals surface area contributed by atoms with Gasteiger partial charge in [0.2, 0.25) is 0 Å². The zero-order valence-electron chi connectivity index (χ0n) is 12.0. The van der Waals surface area contributed by atoms with E-state index in [1.165, 1.54) is 49.6 Å². The SMILES string of the molecule is COC(=O)OC1=Cc2cc(C(=O)c3ccccc3F)c(O)cc21. The molecule has 6 heteroatoms. The van der Waals surface area contributed by atoms with E-state index in [0.29, 0.717) is 11.1 Å². The second kappa shape index (κ2) is 5.57. The quantitative estimate of drug-likeness (QED) is 0.694. The highest BCUT2D eigenvalue weighted by atomic mass is 19.1. The molecular formula is C17H11FO5. The molecule has 0 saturated carbocycles. The van der Waals surface area contributed by atoms with Crippen molar-refractivity contribution in [2.24, 2.45) is 0 Å². The molecule has 3 rings (SSSR count). The molecule has 2 aromatic carbocycles. The average molecular weight is 314 g/mol. The van der Waals surface area contributed by atoms with Crippen LogP contribution in [0.25, 0.3) is 11.8 Å². The number of aromatic hydroxyl groups is 1. The van der Waals surface area contributed by atoms with Crippen molar-refractivity contribution in [2.75, 3.05) is 7.11 Å². The fraction of sp³-hybridized carbons (Fsp3) is 0.0588. The van der Waals surface area contributed by atoms with Gasteiger partial charge in [0.1, 0.15) is 17.3 Å². The van der Waals surface area contributed by atoms with Crippen molar-refractivity contribution in [3.05, 3.63) is 64.5 Å². The van der Waals surface area contributed by atoms with E-state index in [9.17, 15) is 19.1 Å². The number of fused-ring (bicyclic) bond motifs is 1. The number of hydrogen-bond donors (Lipinski definition) is 1. The van der Waals surface area contributed by atoms with Gasteiger partial charge in [0, 0.05) is 5.56 Å². The van der Waals surface area contributed by atoms with Crippen LogP contribution in [0.3, 0.4) is 0 Å². The van der Waals surface area contributed by atoms with Crippen LogP contribution in [0.1, 0.15) is 27.0 Å². The van der Waals surface area contributed by atoms with Crippen LogP contribution in [0.15, 0.2) is 36.4 Å². The molecule has 0 heterocycles. The van der Waals surface area contributed by atoms with Gasteiger partial charge >= 0.3 is 6.16 Å². The van der Waals surface area contributed by atoms with Gasteiger partial charge in [0.15, 0.2) is 5.78 Å². The first-order valence-corrected chi connectivity index (χ1v) is 6.65. The van der Waals surface area contributed by atoms with E-state index in [-0.39, 0.29) is 22.6 Å². The predicted molar refractivity (Wildman–Crippen MR) is 79.3 cm³/mol. The summed E-state index contributed by atoms with van der Waals surface area (Å²) in [5.41, 5.74) is 0.915. The first-order valence-electron chi connectivity index (χ1n) is 6.65. The van der Waals surface area contributed by atoms with Crippen molar-refractivity contribution in [2.45, 2.75) is 0 Å². The van der Waals surface area contributed by atoms with E-state index in [4.69, 9.17) is 4.74 Å². The Labute approximate surface area is 130 Å². The van der Waals surface area contributed by atoms with Crippen molar-refractivity contribution in [1.82, 2.24) is 0 Å². The van der Waals surface area contributed by atoms with Gasteiger partial charge in [-0.1, -0.05) is 12.1 Å². The zero-order chi connectivity index (χ0) is 16.6. The summed E-state index contributed by atoms with van der Waals surface area (Å²) in [6.45, 7) is 0. The number of carbonyl (C=O) groups excluding carboxylic acids is 2. The van der Waals surface area contributed by atoms with Crippen LogP contribution in [0, 0.1) is 5.82 Å². The number of phenolic OH excluding ortho intramolecular Hbond substituents is 1. The molecule has 0 bridgehead atoms. The highest BCUT2D eigenvalue weighted by Gasteiger charge is 2.26. The highest BCUT2D eigenvalue weighted by molar-refractivity contribution is 6.12. The molecule has 0 spiro atoms. The molecule has 0 aromatic heterocycles. The Morgan fingerprint density at radius 3 is 2.57 bits per heavy atom. The Balaban J connectivity index is 1.92. The maximum absolute atomic E-state index is 13.7. The topological polar surface area (TPSA) is 72.8 Å². The summed E-state index contributed by atoms with van der Waals surface area (Å²) in [6, 6.07) is 8.25. The summed E-state index contributed by atoms with van der Waals surface area (Å²) < 4.78 is 22.9. The molecule has 5 nitrogen and oxygen atoms in total. The molecule has 0 aliphatic heterocycles. The molecule has 0 unspecified atom stereocenters. The van der Waals surface area contributed by atoms with Gasteiger partial charge in [-0.15, -0.1) is 0 Å². The lowest BCUT2D eigenvalue weighted by molar-refractivity contribution is 0.103. The number of carbonyl (C=O) groups is 2. The van der Waals surface area contributed by atoms with Crippen molar-refractivity contribution in [1.29, 1.82) is 0 Å². The minimum absolute atomic E-state index is 0.0257. The first-order chi connectivity index (χ1) is 11.0. The summed E-state index contributed by atoms with van der Waals surface area (Å²) >= 11 is 0. The van der Waals surface area contributed by atoms with Crippen LogP contribution in [0.5, 0.6) is 5.75 Å². The van der Waals surface area contributed by atoms with Crippen LogP contribution in [-0.2, 0) is 9.47 Å². The molecule has 1 N–H and O–H groups in total. The number of methoxy groups -OCH3 is 1. The number of rotatable bonds is 3. The number of phenols is 1. The van der Waals surface area contributed by atoms with E-state index in [0.717, 1.165) is 0 Å². The van der Waals surface area contributed by atoms with Crippen molar-refractivity contribution < 1.29 is 28.6 Å². The smallest absolute Gasteiger partial charge is 0.507 e.